The van der Waals surface area contributed by atoms with Crippen LogP contribution in [0.4, 0.5) is 17.1 Å². The first-order valence-electron chi connectivity index (χ1n) is 6.48. The molecule has 0 heterocycles. The van der Waals surface area contributed by atoms with E-state index in [-0.39, 0.29) is 0 Å². The fraction of sp³-hybridized carbons (Fsp3) is 0.571. The zero-order chi connectivity index (χ0) is 12.3. The lowest BCUT2D eigenvalue weighted by molar-refractivity contribution is 0.233. The van der Waals surface area contributed by atoms with Crippen molar-refractivity contribution in [1.29, 1.82) is 0 Å². The highest BCUT2D eigenvalue weighted by atomic mass is 14.9. The van der Waals surface area contributed by atoms with Crippen LogP contribution in [0.2, 0.25) is 0 Å². The van der Waals surface area contributed by atoms with Gasteiger partial charge in [0.15, 0.2) is 0 Å². The summed E-state index contributed by atoms with van der Waals surface area (Å²) in [5.74, 6) is 0. The summed E-state index contributed by atoms with van der Waals surface area (Å²) in [6, 6.07) is 5.78. The number of nitrogens with one attached hydrogen (secondary N) is 1. The lowest BCUT2D eigenvalue weighted by Crippen LogP contribution is -2.28. The third-order valence-electron chi connectivity index (χ3n) is 3.87. The molecule has 3 nitrogen and oxygen atoms in total. The summed E-state index contributed by atoms with van der Waals surface area (Å²) < 4.78 is 0. The standard InChI is InChI=1S/C14H23N3/c1-14(7-3-2-4-8-14)10-17-11-5-6-12(15)13(16)9-11/h5-6,9,17H,2-4,7-8,10,15-16H2,1H3. The molecule has 17 heavy (non-hydrogen) atoms. The second-order valence-electron chi connectivity index (χ2n) is 5.57. The van der Waals surface area contributed by atoms with Crippen LogP contribution in [0.25, 0.3) is 0 Å². The van der Waals surface area contributed by atoms with Crippen LogP contribution in [0.3, 0.4) is 0 Å². The monoisotopic (exact) mass is 233 g/mol. The Morgan fingerprint density at radius 2 is 1.82 bits per heavy atom. The van der Waals surface area contributed by atoms with Gasteiger partial charge in [-0.1, -0.05) is 26.2 Å². The normalized spacial score (nSPS) is 18.9. The molecule has 0 radical (unpaired) electrons. The van der Waals surface area contributed by atoms with Gasteiger partial charge in [-0.05, 0) is 36.5 Å². The van der Waals surface area contributed by atoms with Crippen LogP contribution in [-0.4, -0.2) is 6.54 Å². The first kappa shape index (κ1) is 12.1. The molecule has 1 aromatic carbocycles. The van der Waals surface area contributed by atoms with Gasteiger partial charge in [0.2, 0.25) is 0 Å². The number of hydrogen-bond donors (Lipinski definition) is 3. The highest BCUT2D eigenvalue weighted by Crippen LogP contribution is 2.36. The molecule has 3 heteroatoms. The summed E-state index contributed by atoms with van der Waals surface area (Å²) in [6.45, 7) is 3.40. The van der Waals surface area contributed by atoms with Gasteiger partial charge in [0.05, 0.1) is 11.4 Å². The molecule has 1 aromatic rings. The minimum Gasteiger partial charge on any atom is -0.397 e. The van der Waals surface area contributed by atoms with Crippen molar-refractivity contribution in [2.24, 2.45) is 5.41 Å². The third-order valence-corrected chi connectivity index (χ3v) is 3.87. The molecular weight excluding hydrogens is 210 g/mol. The van der Waals surface area contributed by atoms with Gasteiger partial charge >= 0.3 is 0 Å². The number of nitrogen functional groups attached to an aromatic ring is 2. The SMILES string of the molecule is CC1(CNc2ccc(N)c(N)c2)CCCCC1. The highest BCUT2D eigenvalue weighted by molar-refractivity contribution is 5.69. The average molecular weight is 233 g/mol. The molecule has 0 aliphatic heterocycles. The number of anilines is 3. The van der Waals surface area contributed by atoms with E-state index in [0.717, 1.165) is 12.2 Å². The van der Waals surface area contributed by atoms with Crippen molar-refractivity contribution in [2.45, 2.75) is 39.0 Å². The summed E-state index contributed by atoms with van der Waals surface area (Å²) in [5, 5.41) is 3.49. The lowest BCUT2D eigenvalue weighted by Gasteiger charge is -2.34. The van der Waals surface area contributed by atoms with Crippen LogP contribution < -0.4 is 16.8 Å². The topological polar surface area (TPSA) is 64.1 Å². The Kier molecular flexibility index (Phi) is 3.46. The zero-order valence-electron chi connectivity index (χ0n) is 10.6. The summed E-state index contributed by atoms with van der Waals surface area (Å²) in [6.07, 6.45) is 6.77. The average Bonchev–Trinajstić information content (AvgIpc) is 2.32. The van der Waals surface area contributed by atoms with Crippen molar-refractivity contribution in [3.63, 3.8) is 0 Å². The van der Waals surface area contributed by atoms with Gasteiger partial charge in [-0.2, -0.15) is 0 Å². The van der Waals surface area contributed by atoms with Crippen molar-refractivity contribution >= 4 is 17.1 Å². The van der Waals surface area contributed by atoms with Gasteiger partial charge in [0.1, 0.15) is 0 Å². The fourth-order valence-electron chi connectivity index (χ4n) is 2.58. The quantitative estimate of drug-likeness (QED) is 0.702. The van der Waals surface area contributed by atoms with E-state index in [1.54, 1.807) is 0 Å². The van der Waals surface area contributed by atoms with Gasteiger partial charge in [0, 0.05) is 12.2 Å². The number of benzene rings is 1. The summed E-state index contributed by atoms with van der Waals surface area (Å²) >= 11 is 0. The molecule has 0 saturated heterocycles. The zero-order valence-corrected chi connectivity index (χ0v) is 10.6. The van der Waals surface area contributed by atoms with Crippen LogP contribution in [0.5, 0.6) is 0 Å². The first-order chi connectivity index (χ1) is 8.09. The molecular formula is C14H23N3. The molecule has 0 spiro atoms. The van der Waals surface area contributed by atoms with Crippen LogP contribution >= 0.6 is 0 Å². The van der Waals surface area contributed by atoms with Gasteiger partial charge in [-0.25, -0.2) is 0 Å². The van der Waals surface area contributed by atoms with Crippen molar-refractivity contribution in [1.82, 2.24) is 0 Å². The molecule has 0 unspecified atom stereocenters. The molecule has 5 N–H and O–H groups in total. The van der Waals surface area contributed by atoms with E-state index >= 15 is 0 Å². The Morgan fingerprint density at radius 1 is 1.12 bits per heavy atom. The summed E-state index contributed by atoms with van der Waals surface area (Å²) in [4.78, 5) is 0. The van der Waals surface area contributed by atoms with Crippen molar-refractivity contribution in [3.05, 3.63) is 18.2 Å². The van der Waals surface area contributed by atoms with Crippen molar-refractivity contribution in [3.8, 4) is 0 Å². The predicted octanol–water partition coefficient (Wildman–Crippen LogP) is 3.23. The Balaban J connectivity index is 1.94. The van der Waals surface area contributed by atoms with Crippen LogP contribution in [0.1, 0.15) is 39.0 Å². The van der Waals surface area contributed by atoms with Crippen molar-refractivity contribution < 1.29 is 0 Å². The molecule has 2 rings (SSSR count). The van der Waals surface area contributed by atoms with Gasteiger partial charge in [-0.3, -0.25) is 0 Å². The molecule has 94 valence electrons. The Bertz CT molecular complexity index is 381. The molecule has 0 bridgehead atoms. The Labute approximate surface area is 104 Å². The smallest absolute Gasteiger partial charge is 0.0568 e. The molecule has 0 amide bonds. The van der Waals surface area contributed by atoms with Gasteiger partial charge < -0.3 is 16.8 Å². The number of hydrogen-bond acceptors (Lipinski definition) is 3. The molecule has 1 saturated carbocycles. The van der Waals surface area contributed by atoms with Crippen LogP contribution in [0, 0.1) is 5.41 Å². The summed E-state index contributed by atoms with van der Waals surface area (Å²) in [7, 11) is 0. The van der Waals surface area contributed by atoms with E-state index in [1.165, 1.54) is 32.1 Å². The maximum Gasteiger partial charge on any atom is 0.0568 e. The Hall–Kier alpha value is -1.38. The van der Waals surface area contributed by atoms with E-state index < -0.39 is 0 Å². The first-order valence-corrected chi connectivity index (χ1v) is 6.48. The highest BCUT2D eigenvalue weighted by Gasteiger charge is 2.26. The Morgan fingerprint density at radius 3 is 2.47 bits per heavy atom. The summed E-state index contributed by atoms with van der Waals surface area (Å²) in [5.41, 5.74) is 14.3. The van der Waals surface area contributed by atoms with Gasteiger partial charge in [0.25, 0.3) is 0 Å². The van der Waals surface area contributed by atoms with E-state index in [9.17, 15) is 0 Å². The predicted molar refractivity (Wildman–Crippen MR) is 74.9 cm³/mol. The van der Waals surface area contributed by atoms with E-state index in [1.807, 2.05) is 18.2 Å². The number of nitrogens with two attached hydrogens (primary N) is 2. The maximum absolute atomic E-state index is 5.80. The molecule has 1 aliphatic rings. The van der Waals surface area contributed by atoms with E-state index in [4.69, 9.17) is 11.5 Å². The second-order valence-corrected chi connectivity index (χ2v) is 5.57. The molecule has 1 aliphatic carbocycles. The minimum absolute atomic E-state index is 0.439. The second kappa shape index (κ2) is 4.86. The molecule has 1 fully saturated rings. The van der Waals surface area contributed by atoms with E-state index in [0.29, 0.717) is 16.8 Å². The number of rotatable bonds is 3. The largest absolute Gasteiger partial charge is 0.397 e. The maximum atomic E-state index is 5.80. The molecule has 0 atom stereocenters. The molecule has 0 aromatic heterocycles. The van der Waals surface area contributed by atoms with E-state index in [2.05, 4.69) is 12.2 Å². The van der Waals surface area contributed by atoms with Crippen LogP contribution in [-0.2, 0) is 0 Å². The fourth-order valence-corrected chi connectivity index (χ4v) is 2.58. The lowest BCUT2D eigenvalue weighted by atomic mass is 9.76. The third kappa shape index (κ3) is 3.05. The minimum atomic E-state index is 0.439. The van der Waals surface area contributed by atoms with Crippen LogP contribution in [0.15, 0.2) is 18.2 Å². The van der Waals surface area contributed by atoms with Crippen molar-refractivity contribution in [2.75, 3.05) is 23.3 Å². The van der Waals surface area contributed by atoms with Gasteiger partial charge in [-0.15, -0.1) is 0 Å².